The standard InChI is InChI=1S/C18H20N4O2S/c1-12-6-4-5-7-15(12)22-9-8-19-18(22)25-11-16(23)20-10-17-21-13(2)14(3)24-17/h4-9H,10-11H2,1-3H3,(H,20,23). The predicted octanol–water partition coefficient (Wildman–Crippen LogP) is 3.19. The van der Waals surface area contributed by atoms with Crippen LogP contribution in [0, 0.1) is 20.8 Å². The summed E-state index contributed by atoms with van der Waals surface area (Å²) in [6.45, 7) is 6.08. The van der Waals surface area contributed by atoms with Gasteiger partial charge in [0.15, 0.2) is 5.16 Å². The van der Waals surface area contributed by atoms with E-state index in [0.29, 0.717) is 12.4 Å². The molecule has 0 radical (unpaired) electrons. The fourth-order valence-electron chi connectivity index (χ4n) is 2.38. The third-order valence-electron chi connectivity index (χ3n) is 3.82. The molecule has 0 bridgehead atoms. The lowest BCUT2D eigenvalue weighted by atomic mass is 10.2. The van der Waals surface area contributed by atoms with Crippen molar-refractivity contribution in [3.05, 3.63) is 59.6 Å². The molecule has 0 aliphatic rings. The first-order valence-electron chi connectivity index (χ1n) is 7.96. The van der Waals surface area contributed by atoms with Gasteiger partial charge in [0.1, 0.15) is 5.76 Å². The summed E-state index contributed by atoms with van der Waals surface area (Å²) in [5, 5.41) is 3.60. The number of carbonyl (C=O) groups excluding carboxylic acids is 1. The third kappa shape index (κ3) is 4.11. The van der Waals surface area contributed by atoms with E-state index < -0.39 is 0 Å². The minimum absolute atomic E-state index is 0.0853. The molecule has 7 heteroatoms. The molecule has 0 aliphatic carbocycles. The van der Waals surface area contributed by atoms with E-state index in [1.807, 2.05) is 42.8 Å². The number of benzene rings is 1. The Hall–Kier alpha value is -2.54. The minimum Gasteiger partial charge on any atom is -0.444 e. The first-order chi connectivity index (χ1) is 12.0. The maximum atomic E-state index is 12.1. The fourth-order valence-corrected chi connectivity index (χ4v) is 3.18. The first kappa shape index (κ1) is 17.3. The molecule has 130 valence electrons. The summed E-state index contributed by atoms with van der Waals surface area (Å²) in [7, 11) is 0. The van der Waals surface area contributed by atoms with E-state index in [-0.39, 0.29) is 11.7 Å². The Bertz CT molecular complexity index is 865. The van der Waals surface area contributed by atoms with Gasteiger partial charge in [0, 0.05) is 12.4 Å². The number of aryl methyl sites for hydroxylation is 3. The number of para-hydroxylation sites is 1. The molecule has 0 fully saturated rings. The zero-order valence-electron chi connectivity index (χ0n) is 14.4. The van der Waals surface area contributed by atoms with Crippen LogP contribution in [0.25, 0.3) is 5.69 Å². The quantitative estimate of drug-likeness (QED) is 0.687. The number of imidazole rings is 1. The highest BCUT2D eigenvalue weighted by Crippen LogP contribution is 2.22. The summed E-state index contributed by atoms with van der Waals surface area (Å²) in [6.07, 6.45) is 3.64. The fraction of sp³-hybridized carbons (Fsp3) is 0.278. The molecule has 0 spiro atoms. The van der Waals surface area contributed by atoms with Gasteiger partial charge < -0.3 is 9.73 Å². The third-order valence-corrected chi connectivity index (χ3v) is 4.79. The Morgan fingerprint density at radius 1 is 1.28 bits per heavy atom. The van der Waals surface area contributed by atoms with E-state index in [9.17, 15) is 4.79 Å². The second kappa shape index (κ2) is 7.57. The van der Waals surface area contributed by atoms with Gasteiger partial charge in [-0.05, 0) is 32.4 Å². The van der Waals surface area contributed by atoms with Gasteiger partial charge in [0.05, 0.1) is 23.7 Å². The van der Waals surface area contributed by atoms with Gasteiger partial charge >= 0.3 is 0 Å². The van der Waals surface area contributed by atoms with Crippen LogP contribution in [-0.2, 0) is 11.3 Å². The highest BCUT2D eigenvalue weighted by Gasteiger charge is 2.11. The van der Waals surface area contributed by atoms with Crippen LogP contribution in [0.4, 0.5) is 0 Å². The largest absolute Gasteiger partial charge is 0.444 e. The van der Waals surface area contributed by atoms with Crippen LogP contribution in [-0.4, -0.2) is 26.2 Å². The summed E-state index contributed by atoms with van der Waals surface area (Å²) in [6, 6.07) is 8.08. The van der Waals surface area contributed by atoms with Crippen molar-refractivity contribution in [2.75, 3.05) is 5.75 Å². The Balaban J connectivity index is 1.58. The number of hydrogen-bond acceptors (Lipinski definition) is 5. The molecule has 3 aromatic rings. The summed E-state index contributed by atoms with van der Waals surface area (Å²) >= 11 is 1.40. The smallest absolute Gasteiger partial charge is 0.230 e. The van der Waals surface area contributed by atoms with E-state index >= 15 is 0 Å². The van der Waals surface area contributed by atoms with Crippen molar-refractivity contribution >= 4 is 17.7 Å². The van der Waals surface area contributed by atoms with Crippen molar-refractivity contribution < 1.29 is 9.21 Å². The molecule has 1 aromatic carbocycles. The highest BCUT2D eigenvalue weighted by molar-refractivity contribution is 7.99. The van der Waals surface area contributed by atoms with Crippen molar-refractivity contribution in [2.24, 2.45) is 0 Å². The van der Waals surface area contributed by atoms with Gasteiger partial charge in [0.25, 0.3) is 0 Å². The molecule has 25 heavy (non-hydrogen) atoms. The average molecular weight is 356 g/mol. The van der Waals surface area contributed by atoms with E-state index in [1.54, 1.807) is 6.20 Å². The lowest BCUT2D eigenvalue weighted by Gasteiger charge is -2.10. The number of oxazole rings is 1. The van der Waals surface area contributed by atoms with Crippen molar-refractivity contribution in [3.63, 3.8) is 0 Å². The Morgan fingerprint density at radius 2 is 2.08 bits per heavy atom. The first-order valence-corrected chi connectivity index (χ1v) is 8.95. The van der Waals surface area contributed by atoms with Crippen LogP contribution in [0.2, 0.25) is 0 Å². The number of rotatable bonds is 6. The molecule has 2 aromatic heterocycles. The van der Waals surface area contributed by atoms with Crippen LogP contribution in [0.15, 0.2) is 46.2 Å². The van der Waals surface area contributed by atoms with E-state index in [1.165, 1.54) is 11.8 Å². The molecular weight excluding hydrogens is 336 g/mol. The van der Waals surface area contributed by atoms with Gasteiger partial charge in [-0.3, -0.25) is 9.36 Å². The van der Waals surface area contributed by atoms with Crippen LogP contribution >= 0.6 is 11.8 Å². The van der Waals surface area contributed by atoms with Crippen LogP contribution in [0.3, 0.4) is 0 Å². The maximum Gasteiger partial charge on any atom is 0.230 e. The number of hydrogen-bond donors (Lipinski definition) is 1. The van der Waals surface area contributed by atoms with Gasteiger partial charge in [-0.2, -0.15) is 0 Å². The molecule has 0 atom stereocenters. The Morgan fingerprint density at radius 3 is 2.80 bits per heavy atom. The van der Waals surface area contributed by atoms with Crippen LogP contribution < -0.4 is 5.32 Å². The molecular formula is C18H20N4O2S. The normalized spacial score (nSPS) is 10.8. The van der Waals surface area contributed by atoms with Gasteiger partial charge in [-0.15, -0.1) is 0 Å². The highest BCUT2D eigenvalue weighted by atomic mass is 32.2. The zero-order valence-corrected chi connectivity index (χ0v) is 15.3. The second-order valence-electron chi connectivity index (χ2n) is 5.68. The SMILES string of the molecule is Cc1ccccc1-n1ccnc1SCC(=O)NCc1nc(C)c(C)o1. The van der Waals surface area contributed by atoms with E-state index in [4.69, 9.17) is 4.42 Å². The molecule has 0 unspecified atom stereocenters. The number of nitrogens with zero attached hydrogens (tertiary/aromatic N) is 3. The van der Waals surface area contributed by atoms with E-state index in [0.717, 1.165) is 27.9 Å². The number of nitrogens with one attached hydrogen (secondary N) is 1. The lowest BCUT2D eigenvalue weighted by Crippen LogP contribution is -2.24. The second-order valence-corrected chi connectivity index (χ2v) is 6.62. The summed E-state index contributed by atoms with van der Waals surface area (Å²) in [5.41, 5.74) is 3.06. The topological polar surface area (TPSA) is 73.0 Å². The van der Waals surface area contributed by atoms with E-state index in [2.05, 4.69) is 28.3 Å². The number of amides is 1. The average Bonchev–Trinajstić information content (AvgIpc) is 3.18. The van der Waals surface area contributed by atoms with Crippen LogP contribution in [0.5, 0.6) is 0 Å². The predicted molar refractivity (Wildman–Crippen MR) is 96.8 cm³/mol. The molecule has 6 nitrogen and oxygen atoms in total. The number of carbonyl (C=O) groups is 1. The monoisotopic (exact) mass is 356 g/mol. The molecule has 3 rings (SSSR count). The number of thioether (sulfide) groups is 1. The van der Waals surface area contributed by atoms with Crippen LogP contribution in [0.1, 0.15) is 22.9 Å². The van der Waals surface area contributed by atoms with Gasteiger partial charge in [0.2, 0.25) is 11.8 Å². The van der Waals surface area contributed by atoms with Crippen molar-refractivity contribution in [3.8, 4) is 5.69 Å². The van der Waals surface area contributed by atoms with Crippen molar-refractivity contribution in [1.82, 2.24) is 19.9 Å². The van der Waals surface area contributed by atoms with Crippen molar-refractivity contribution in [1.29, 1.82) is 0 Å². The summed E-state index contributed by atoms with van der Waals surface area (Å²) in [5.74, 6) is 1.49. The molecule has 2 heterocycles. The Kier molecular flexibility index (Phi) is 5.23. The molecule has 1 amide bonds. The molecule has 0 saturated heterocycles. The number of aromatic nitrogens is 3. The lowest BCUT2D eigenvalue weighted by molar-refractivity contribution is -0.118. The molecule has 0 saturated carbocycles. The Labute approximate surface area is 150 Å². The summed E-state index contributed by atoms with van der Waals surface area (Å²) in [4.78, 5) is 20.7. The maximum absolute atomic E-state index is 12.1. The van der Waals surface area contributed by atoms with Gasteiger partial charge in [-0.1, -0.05) is 30.0 Å². The van der Waals surface area contributed by atoms with Gasteiger partial charge in [-0.25, -0.2) is 9.97 Å². The zero-order chi connectivity index (χ0) is 17.8. The van der Waals surface area contributed by atoms with Crippen molar-refractivity contribution in [2.45, 2.75) is 32.5 Å². The minimum atomic E-state index is -0.0853. The summed E-state index contributed by atoms with van der Waals surface area (Å²) < 4.78 is 7.45. The molecule has 1 N–H and O–H groups in total. The molecule has 0 aliphatic heterocycles.